The van der Waals surface area contributed by atoms with Gasteiger partial charge >= 0.3 is 18.0 Å². The summed E-state index contributed by atoms with van der Waals surface area (Å²) in [5.74, 6) is -1.11. The maximum atomic E-state index is 12.1. The van der Waals surface area contributed by atoms with Gasteiger partial charge < -0.3 is 24.3 Å². The van der Waals surface area contributed by atoms with E-state index >= 15 is 0 Å². The van der Waals surface area contributed by atoms with Gasteiger partial charge in [-0.1, -0.05) is 26.7 Å². The van der Waals surface area contributed by atoms with Crippen LogP contribution in [-0.2, 0) is 14.3 Å². The Bertz CT molecular complexity index is 677. The highest BCUT2D eigenvalue weighted by atomic mass is 16.6. The Hall–Kier alpha value is -2.84. The molecule has 0 saturated carbocycles. The molecule has 0 aliphatic rings. The number of hydrogen-bond acceptors (Lipinski definition) is 8. The van der Waals surface area contributed by atoms with Gasteiger partial charge in [0.15, 0.2) is 5.75 Å². The second-order valence-corrected chi connectivity index (χ2v) is 6.50. The molecule has 162 valence electrons. The van der Waals surface area contributed by atoms with Gasteiger partial charge in [0.05, 0.1) is 24.9 Å². The third-order valence-corrected chi connectivity index (χ3v) is 3.48. The van der Waals surface area contributed by atoms with Crippen molar-refractivity contribution in [3.05, 3.63) is 17.8 Å². The fraction of sp³-hybridized carbons (Fsp3) is 0.600. The third-order valence-electron chi connectivity index (χ3n) is 3.48. The molecule has 1 heterocycles. The molecule has 0 aliphatic heterocycles. The zero-order valence-electron chi connectivity index (χ0n) is 17.5. The summed E-state index contributed by atoms with van der Waals surface area (Å²) >= 11 is 0. The number of carbonyl (C=O) groups excluding carboxylic acids is 3. The molecule has 0 radical (unpaired) electrons. The first-order chi connectivity index (χ1) is 13.9. The zero-order chi connectivity index (χ0) is 21.6. The van der Waals surface area contributed by atoms with Gasteiger partial charge in [-0.25, -0.2) is 14.6 Å². The van der Waals surface area contributed by atoms with Crippen LogP contribution in [0, 0.1) is 0 Å². The summed E-state index contributed by atoms with van der Waals surface area (Å²) in [7, 11) is 0. The number of hydrogen-bond donors (Lipinski definition) is 1. The van der Waals surface area contributed by atoms with E-state index in [-0.39, 0.29) is 29.8 Å². The molecule has 0 spiro atoms. The normalized spacial score (nSPS) is 10.4. The molecule has 9 nitrogen and oxygen atoms in total. The number of unbranched alkanes of at least 4 members (excludes halogenated alkanes) is 2. The van der Waals surface area contributed by atoms with Crippen molar-refractivity contribution in [1.29, 1.82) is 0 Å². The van der Waals surface area contributed by atoms with Crippen molar-refractivity contribution >= 4 is 18.0 Å². The molecular formula is C20H30N2O7. The molecule has 29 heavy (non-hydrogen) atoms. The Morgan fingerprint density at radius 2 is 1.72 bits per heavy atom. The lowest BCUT2D eigenvalue weighted by Crippen LogP contribution is -2.33. The Morgan fingerprint density at radius 1 is 1.07 bits per heavy atom. The van der Waals surface area contributed by atoms with Crippen LogP contribution in [0.2, 0.25) is 0 Å². The first kappa shape index (κ1) is 24.2. The van der Waals surface area contributed by atoms with Gasteiger partial charge in [-0.3, -0.25) is 4.79 Å². The fourth-order valence-corrected chi connectivity index (χ4v) is 2.00. The van der Waals surface area contributed by atoms with Crippen LogP contribution >= 0.6 is 0 Å². The van der Waals surface area contributed by atoms with Crippen molar-refractivity contribution in [3.63, 3.8) is 0 Å². The summed E-state index contributed by atoms with van der Waals surface area (Å²) in [4.78, 5) is 39.6. The minimum atomic E-state index is -0.892. The predicted molar refractivity (Wildman–Crippen MR) is 105 cm³/mol. The molecule has 1 aromatic rings. The van der Waals surface area contributed by atoms with Crippen LogP contribution < -0.4 is 14.8 Å². The monoisotopic (exact) mass is 410 g/mol. The predicted octanol–water partition coefficient (Wildman–Crippen LogP) is 3.26. The number of pyridine rings is 1. The van der Waals surface area contributed by atoms with E-state index in [1.165, 1.54) is 12.3 Å². The quantitative estimate of drug-likeness (QED) is 0.413. The number of ether oxygens (including phenoxy) is 4. The van der Waals surface area contributed by atoms with E-state index in [1.54, 1.807) is 13.8 Å². The van der Waals surface area contributed by atoms with Gasteiger partial charge in [-0.15, -0.1) is 0 Å². The summed E-state index contributed by atoms with van der Waals surface area (Å²) < 4.78 is 20.8. The fourth-order valence-electron chi connectivity index (χ4n) is 2.00. The van der Waals surface area contributed by atoms with Crippen LogP contribution in [0.15, 0.2) is 12.3 Å². The van der Waals surface area contributed by atoms with Crippen molar-refractivity contribution in [2.24, 2.45) is 0 Å². The first-order valence-corrected chi connectivity index (χ1v) is 9.82. The van der Waals surface area contributed by atoms with E-state index in [1.807, 2.05) is 13.8 Å². The van der Waals surface area contributed by atoms with Gasteiger partial charge in [0.2, 0.25) is 0 Å². The van der Waals surface area contributed by atoms with Gasteiger partial charge in [-0.2, -0.15) is 0 Å². The molecular weight excluding hydrogens is 380 g/mol. The van der Waals surface area contributed by atoms with Gasteiger partial charge in [0.1, 0.15) is 6.54 Å². The van der Waals surface area contributed by atoms with E-state index in [0.29, 0.717) is 13.2 Å². The molecule has 1 aromatic heterocycles. The van der Waals surface area contributed by atoms with Gasteiger partial charge in [0, 0.05) is 12.3 Å². The molecule has 0 aromatic carbocycles. The van der Waals surface area contributed by atoms with Crippen LogP contribution in [0.1, 0.15) is 63.7 Å². The van der Waals surface area contributed by atoms with Crippen molar-refractivity contribution < 1.29 is 33.3 Å². The van der Waals surface area contributed by atoms with E-state index < -0.39 is 18.0 Å². The van der Waals surface area contributed by atoms with E-state index in [2.05, 4.69) is 10.3 Å². The molecule has 0 bridgehead atoms. The van der Waals surface area contributed by atoms with E-state index in [0.717, 1.165) is 25.7 Å². The van der Waals surface area contributed by atoms with Gasteiger partial charge in [-0.05, 0) is 26.7 Å². The summed E-state index contributed by atoms with van der Waals surface area (Å²) in [6.45, 7) is 7.81. The highest BCUT2D eigenvalue weighted by Gasteiger charge is 2.18. The Labute approximate surface area is 171 Å². The molecule has 1 N–H and O–H groups in total. The van der Waals surface area contributed by atoms with Crippen LogP contribution in [-0.4, -0.2) is 48.9 Å². The summed E-state index contributed by atoms with van der Waals surface area (Å²) in [6, 6.07) is 1.41. The standard InChI is InChI=1S/C20H30N2O7/c1-5-7-9-26-17(23)13-22-20(25)29-18-16(28-14(3)4)11-15(12-21-18)19(24)27-10-8-6-2/h11-12,14H,5-10,13H2,1-4H3,(H,22,25). The average Bonchev–Trinajstić information content (AvgIpc) is 2.67. The molecule has 1 rings (SSSR count). The van der Waals surface area contributed by atoms with Crippen LogP contribution in [0.3, 0.4) is 0 Å². The molecule has 0 unspecified atom stereocenters. The van der Waals surface area contributed by atoms with Gasteiger partial charge in [0.25, 0.3) is 5.88 Å². The minimum absolute atomic E-state index is 0.116. The topological polar surface area (TPSA) is 113 Å². The maximum Gasteiger partial charge on any atom is 0.414 e. The zero-order valence-corrected chi connectivity index (χ0v) is 17.5. The molecule has 0 fully saturated rings. The number of amides is 1. The smallest absolute Gasteiger partial charge is 0.414 e. The van der Waals surface area contributed by atoms with Crippen molar-refractivity contribution in [3.8, 4) is 11.6 Å². The molecule has 0 saturated heterocycles. The molecule has 1 amide bonds. The number of aromatic nitrogens is 1. The Morgan fingerprint density at radius 3 is 2.34 bits per heavy atom. The number of carbonyl (C=O) groups is 3. The van der Waals surface area contributed by atoms with E-state index in [4.69, 9.17) is 18.9 Å². The molecule has 9 heteroatoms. The van der Waals surface area contributed by atoms with Crippen molar-refractivity contribution in [2.45, 2.75) is 59.5 Å². The Balaban J connectivity index is 2.72. The number of esters is 2. The highest BCUT2D eigenvalue weighted by Crippen LogP contribution is 2.27. The van der Waals surface area contributed by atoms with Crippen LogP contribution in [0.25, 0.3) is 0 Å². The maximum absolute atomic E-state index is 12.1. The summed E-state index contributed by atoms with van der Waals surface area (Å²) in [5.41, 5.74) is 0.184. The van der Waals surface area contributed by atoms with E-state index in [9.17, 15) is 14.4 Å². The van der Waals surface area contributed by atoms with Crippen LogP contribution in [0.4, 0.5) is 4.79 Å². The first-order valence-electron chi connectivity index (χ1n) is 9.82. The lowest BCUT2D eigenvalue weighted by Gasteiger charge is -2.14. The number of nitrogens with one attached hydrogen (secondary N) is 1. The number of rotatable bonds is 12. The lowest BCUT2D eigenvalue weighted by atomic mass is 10.2. The van der Waals surface area contributed by atoms with Crippen molar-refractivity contribution in [1.82, 2.24) is 10.3 Å². The second-order valence-electron chi connectivity index (χ2n) is 6.50. The third kappa shape index (κ3) is 9.77. The van der Waals surface area contributed by atoms with Crippen LogP contribution in [0.5, 0.6) is 11.6 Å². The minimum Gasteiger partial charge on any atom is -0.485 e. The molecule has 0 atom stereocenters. The highest BCUT2D eigenvalue weighted by molar-refractivity contribution is 5.89. The lowest BCUT2D eigenvalue weighted by molar-refractivity contribution is -0.142. The largest absolute Gasteiger partial charge is 0.485 e. The SMILES string of the molecule is CCCCOC(=O)CNC(=O)Oc1ncc(C(=O)OCCCC)cc1OC(C)C. The average molecular weight is 410 g/mol. The number of nitrogens with zero attached hydrogens (tertiary/aromatic N) is 1. The second kappa shape index (κ2) is 13.4. The summed E-state index contributed by atoms with van der Waals surface area (Å²) in [5, 5.41) is 2.29. The Kier molecular flexibility index (Phi) is 11.1. The molecule has 0 aliphatic carbocycles. The van der Waals surface area contributed by atoms with Crippen molar-refractivity contribution in [2.75, 3.05) is 19.8 Å². The summed E-state index contributed by atoms with van der Waals surface area (Å²) in [6.07, 6.45) is 3.42.